The number of halogens is 1. The Morgan fingerprint density at radius 3 is 2.79 bits per heavy atom. The van der Waals surface area contributed by atoms with Gasteiger partial charge in [0.05, 0.1) is 5.52 Å². The van der Waals surface area contributed by atoms with Crippen molar-refractivity contribution in [1.82, 2.24) is 14.8 Å². The van der Waals surface area contributed by atoms with E-state index in [1.165, 1.54) is 69.2 Å². The Hall–Kier alpha value is -1.16. The van der Waals surface area contributed by atoms with Crippen LogP contribution in [0.4, 0.5) is 0 Å². The Bertz CT molecular complexity index is 696. The fraction of sp³-hybridized carbons (Fsp3) is 0.550. The first kappa shape index (κ1) is 16.3. The Balaban J connectivity index is 1.52. The molecule has 0 amide bonds. The summed E-state index contributed by atoms with van der Waals surface area (Å²) in [6, 6.07) is 8.88. The predicted octanol–water partition coefficient (Wildman–Crippen LogP) is 4.34. The van der Waals surface area contributed by atoms with Gasteiger partial charge in [-0.25, -0.2) is 0 Å². The maximum Gasteiger partial charge on any atom is 0.0761 e. The van der Waals surface area contributed by atoms with Crippen molar-refractivity contribution in [2.75, 3.05) is 26.2 Å². The molecule has 1 atom stereocenters. The number of likely N-dealkylation sites (tertiary alicyclic amines) is 2. The van der Waals surface area contributed by atoms with Crippen LogP contribution in [-0.4, -0.2) is 47.0 Å². The van der Waals surface area contributed by atoms with Gasteiger partial charge in [-0.3, -0.25) is 9.88 Å². The van der Waals surface area contributed by atoms with Gasteiger partial charge in [-0.05, 0) is 57.5 Å². The van der Waals surface area contributed by atoms with Crippen LogP contribution >= 0.6 is 11.6 Å². The number of hydrogen-bond donors (Lipinski definition) is 0. The molecule has 0 bridgehead atoms. The Morgan fingerprint density at radius 1 is 1.04 bits per heavy atom. The van der Waals surface area contributed by atoms with Crippen molar-refractivity contribution in [2.24, 2.45) is 0 Å². The first-order valence-corrected chi connectivity index (χ1v) is 9.67. The molecule has 128 valence electrons. The number of hydrogen-bond acceptors (Lipinski definition) is 3. The van der Waals surface area contributed by atoms with Crippen LogP contribution in [0.1, 0.15) is 37.7 Å². The third-order valence-corrected chi connectivity index (χ3v) is 5.95. The van der Waals surface area contributed by atoms with E-state index >= 15 is 0 Å². The molecular weight excluding hydrogens is 318 g/mol. The number of piperidine rings is 1. The second-order valence-corrected chi connectivity index (χ2v) is 7.64. The summed E-state index contributed by atoms with van der Waals surface area (Å²) in [5.74, 6) is 0. The van der Waals surface area contributed by atoms with Gasteiger partial charge in [0.25, 0.3) is 0 Å². The minimum Gasteiger partial charge on any atom is -0.302 e. The molecule has 0 N–H and O–H groups in total. The first-order chi connectivity index (χ1) is 11.8. The number of benzene rings is 1. The second-order valence-electron chi connectivity index (χ2n) is 7.23. The van der Waals surface area contributed by atoms with Crippen LogP contribution in [0.3, 0.4) is 0 Å². The lowest BCUT2D eigenvalue weighted by atomic mass is 10.1. The van der Waals surface area contributed by atoms with Gasteiger partial charge in [0, 0.05) is 41.3 Å². The first-order valence-electron chi connectivity index (χ1n) is 9.30. The number of nitrogens with zero attached hydrogens (tertiary/aromatic N) is 3. The van der Waals surface area contributed by atoms with E-state index in [1.807, 2.05) is 18.3 Å². The van der Waals surface area contributed by atoms with E-state index in [1.54, 1.807) is 0 Å². The van der Waals surface area contributed by atoms with Gasteiger partial charge in [0.15, 0.2) is 0 Å². The molecule has 4 rings (SSSR count). The van der Waals surface area contributed by atoms with Crippen LogP contribution in [0.2, 0.25) is 5.02 Å². The summed E-state index contributed by atoms with van der Waals surface area (Å²) < 4.78 is 0. The summed E-state index contributed by atoms with van der Waals surface area (Å²) in [7, 11) is 0. The van der Waals surface area contributed by atoms with Crippen LogP contribution in [0.15, 0.2) is 30.5 Å². The Morgan fingerprint density at radius 2 is 1.92 bits per heavy atom. The smallest absolute Gasteiger partial charge is 0.0761 e. The van der Waals surface area contributed by atoms with Gasteiger partial charge in [-0.1, -0.05) is 30.2 Å². The fourth-order valence-electron chi connectivity index (χ4n) is 4.28. The summed E-state index contributed by atoms with van der Waals surface area (Å²) >= 11 is 6.54. The molecule has 0 aliphatic carbocycles. The van der Waals surface area contributed by atoms with Crippen molar-refractivity contribution < 1.29 is 0 Å². The van der Waals surface area contributed by atoms with Crippen LogP contribution in [0.5, 0.6) is 0 Å². The Kier molecular flexibility index (Phi) is 5.02. The zero-order chi connectivity index (χ0) is 16.4. The molecule has 2 aliphatic rings. The van der Waals surface area contributed by atoms with Crippen molar-refractivity contribution in [3.05, 3.63) is 41.0 Å². The van der Waals surface area contributed by atoms with E-state index in [0.717, 1.165) is 17.1 Å². The Labute approximate surface area is 149 Å². The molecule has 3 heterocycles. The molecule has 1 aromatic heterocycles. The monoisotopic (exact) mass is 343 g/mol. The highest BCUT2D eigenvalue weighted by atomic mass is 35.5. The van der Waals surface area contributed by atoms with Gasteiger partial charge in [0.1, 0.15) is 0 Å². The van der Waals surface area contributed by atoms with E-state index in [-0.39, 0.29) is 0 Å². The van der Waals surface area contributed by atoms with Crippen LogP contribution in [-0.2, 0) is 6.54 Å². The van der Waals surface area contributed by atoms with Crippen molar-refractivity contribution in [3.8, 4) is 0 Å². The molecule has 0 radical (unpaired) electrons. The molecule has 2 aromatic rings. The highest BCUT2D eigenvalue weighted by molar-refractivity contribution is 6.32. The van der Waals surface area contributed by atoms with Gasteiger partial charge < -0.3 is 4.90 Å². The number of pyridine rings is 1. The van der Waals surface area contributed by atoms with E-state index in [4.69, 9.17) is 11.6 Å². The SMILES string of the molecule is Clc1ccc2cccnc2c1CN1CCCC1CN1CCCCC1. The molecule has 2 fully saturated rings. The van der Waals surface area contributed by atoms with Gasteiger partial charge in [-0.15, -0.1) is 0 Å². The summed E-state index contributed by atoms with van der Waals surface area (Å²) in [5.41, 5.74) is 2.26. The lowest BCUT2D eigenvalue weighted by molar-refractivity contribution is 0.149. The third-order valence-electron chi connectivity index (χ3n) is 5.60. The standard InChI is InChI=1S/C20H26ClN3/c21-19-9-8-16-6-4-10-22-20(16)18(19)15-24-13-5-7-17(24)14-23-11-2-1-3-12-23/h4,6,8-10,17H,1-3,5,7,11-15H2. The van der Waals surface area contributed by atoms with E-state index in [0.29, 0.717) is 6.04 Å². The maximum atomic E-state index is 6.54. The highest BCUT2D eigenvalue weighted by Gasteiger charge is 2.28. The largest absolute Gasteiger partial charge is 0.302 e. The van der Waals surface area contributed by atoms with Gasteiger partial charge in [0.2, 0.25) is 0 Å². The summed E-state index contributed by atoms with van der Waals surface area (Å²) in [4.78, 5) is 9.89. The number of aromatic nitrogens is 1. The second kappa shape index (κ2) is 7.38. The zero-order valence-electron chi connectivity index (χ0n) is 14.3. The van der Waals surface area contributed by atoms with E-state index in [2.05, 4.69) is 26.9 Å². The van der Waals surface area contributed by atoms with Crippen molar-refractivity contribution >= 4 is 22.5 Å². The fourth-order valence-corrected chi connectivity index (χ4v) is 4.50. The molecule has 0 spiro atoms. The number of rotatable bonds is 4. The number of fused-ring (bicyclic) bond motifs is 1. The normalized spacial score (nSPS) is 23.1. The van der Waals surface area contributed by atoms with Crippen LogP contribution < -0.4 is 0 Å². The quantitative estimate of drug-likeness (QED) is 0.823. The minimum absolute atomic E-state index is 0.665. The van der Waals surface area contributed by atoms with E-state index < -0.39 is 0 Å². The van der Waals surface area contributed by atoms with Crippen LogP contribution in [0, 0.1) is 0 Å². The molecule has 2 saturated heterocycles. The summed E-state index contributed by atoms with van der Waals surface area (Å²) in [6.07, 6.45) is 8.62. The zero-order valence-corrected chi connectivity index (χ0v) is 15.0. The topological polar surface area (TPSA) is 19.4 Å². The average Bonchev–Trinajstić information content (AvgIpc) is 3.05. The van der Waals surface area contributed by atoms with Crippen LogP contribution in [0.25, 0.3) is 10.9 Å². The summed E-state index contributed by atoms with van der Waals surface area (Å²) in [6.45, 7) is 5.88. The molecule has 2 aliphatic heterocycles. The molecule has 1 aromatic carbocycles. The maximum absolute atomic E-state index is 6.54. The molecular formula is C20H26ClN3. The molecule has 24 heavy (non-hydrogen) atoms. The minimum atomic E-state index is 0.665. The van der Waals surface area contributed by atoms with Crippen molar-refractivity contribution in [3.63, 3.8) is 0 Å². The van der Waals surface area contributed by atoms with E-state index in [9.17, 15) is 0 Å². The van der Waals surface area contributed by atoms with Gasteiger partial charge >= 0.3 is 0 Å². The lowest BCUT2D eigenvalue weighted by Crippen LogP contribution is -2.42. The molecule has 4 heteroatoms. The lowest BCUT2D eigenvalue weighted by Gasteiger charge is -2.33. The molecule has 3 nitrogen and oxygen atoms in total. The average molecular weight is 344 g/mol. The van der Waals surface area contributed by atoms with Crippen molar-refractivity contribution in [2.45, 2.75) is 44.7 Å². The highest BCUT2D eigenvalue weighted by Crippen LogP contribution is 2.29. The van der Waals surface area contributed by atoms with Gasteiger partial charge in [-0.2, -0.15) is 0 Å². The molecule has 0 saturated carbocycles. The summed E-state index contributed by atoms with van der Waals surface area (Å²) in [5, 5.41) is 2.04. The predicted molar refractivity (Wildman–Crippen MR) is 100 cm³/mol. The third kappa shape index (κ3) is 3.44. The molecule has 1 unspecified atom stereocenters. The van der Waals surface area contributed by atoms with Crippen molar-refractivity contribution in [1.29, 1.82) is 0 Å².